The van der Waals surface area contributed by atoms with E-state index >= 15 is 0 Å². The molecule has 0 unspecified atom stereocenters. The average molecular weight is 331 g/mol. The molecule has 0 saturated carbocycles. The first-order chi connectivity index (χ1) is 11.1. The number of hydrogen-bond donors (Lipinski definition) is 0. The molecule has 23 heavy (non-hydrogen) atoms. The van der Waals surface area contributed by atoms with E-state index in [1.54, 1.807) is 43.6 Å². The lowest BCUT2D eigenvalue weighted by Gasteiger charge is -2.18. The van der Waals surface area contributed by atoms with Gasteiger partial charge in [0, 0.05) is 24.7 Å². The van der Waals surface area contributed by atoms with Gasteiger partial charge in [0.15, 0.2) is 11.5 Å². The molecule has 0 bridgehead atoms. The predicted octanol–water partition coefficient (Wildman–Crippen LogP) is 4.07. The molecule has 0 radical (unpaired) electrons. The molecular formula is C18H21NO3S. The summed E-state index contributed by atoms with van der Waals surface area (Å²) in [6.07, 6.45) is 3.80. The number of hydrogen-bond acceptors (Lipinski definition) is 4. The molecule has 2 rings (SSSR count). The molecule has 2 aromatic rings. The quantitative estimate of drug-likeness (QED) is 0.801. The molecule has 0 aliphatic rings. The van der Waals surface area contributed by atoms with Gasteiger partial charge in [0.2, 0.25) is 0 Å². The van der Waals surface area contributed by atoms with Crippen LogP contribution in [-0.4, -0.2) is 32.1 Å². The van der Waals surface area contributed by atoms with Gasteiger partial charge in [-0.3, -0.25) is 4.79 Å². The zero-order valence-electron chi connectivity index (χ0n) is 13.8. The zero-order valence-corrected chi connectivity index (χ0v) is 14.6. The standard InChI is InChI=1S/C18H21NO3S/c1-5-6-14-9-15(10-16(21-3)17(14)22-4)18(20)19(2)11-13-7-8-23-12-13/h5-10,12H,11H2,1-4H3/b6-5+. The van der Waals surface area contributed by atoms with E-state index in [1.165, 1.54) is 0 Å². The Morgan fingerprint density at radius 1 is 1.30 bits per heavy atom. The van der Waals surface area contributed by atoms with Crippen LogP contribution in [0.15, 0.2) is 35.0 Å². The summed E-state index contributed by atoms with van der Waals surface area (Å²) in [5.41, 5.74) is 2.52. The Morgan fingerprint density at radius 3 is 2.65 bits per heavy atom. The molecule has 1 heterocycles. The van der Waals surface area contributed by atoms with Gasteiger partial charge in [0.05, 0.1) is 14.2 Å². The van der Waals surface area contributed by atoms with Gasteiger partial charge in [-0.25, -0.2) is 0 Å². The summed E-state index contributed by atoms with van der Waals surface area (Å²) in [4.78, 5) is 14.4. The molecule has 122 valence electrons. The lowest BCUT2D eigenvalue weighted by Crippen LogP contribution is -2.26. The van der Waals surface area contributed by atoms with Crippen molar-refractivity contribution in [3.63, 3.8) is 0 Å². The Balaban J connectivity index is 2.34. The molecule has 0 atom stereocenters. The lowest BCUT2D eigenvalue weighted by molar-refractivity contribution is 0.0785. The van der Waals surface area contributed by atoms with E-state index in [0.717, 1.165) is 11.1 Å². The van der Waals surface area contributed by atoms with Gasteiger partial charge < -0.3 is 14.4 Å². The van der Waals surface area contributed by atoms with Crippen LogP contribution in [0.2, 0.25) is 0 Å². The van der Waals surface area contributed by atoms with Crippen molar-refractivity contribution in [2.24, 2.45) is 0 Å². The van der Waals surface area contributed by atoms with Gasteiger partial charge in [-0.05, 0) is 41.4 Å². The number of carbonyl (C=O) groups excluding carboxylic acids is 1. The number of methoxy groups -OCH3 is 2. The second-order valence-corrected chi connectivity index (χ2v) is 5.87. The Labute approximate surface area is 141 Å². The van der Waals surface area contributed by atoms with Crippen LogP contribution >= 0.6 is 11.3 Å². The molecule has 0 spiro atoms. The van der Waals surface area contributed by atoms with E-state index < -0.39 is 0 Å². The van der Waals surface area contributed by atoms with E-state index in [9.17, 15) is 4.79 Å². The van der Waals surface area contributed by atoms with Gasteiger partial charge >= 0.3 is 0 Å². The van der Waals surface area contributed by atoms with Crippen LogP contribution in [0.25, 0.3) is 6.08 Å². The number of nitrogens with zero attached hydrogens (tertiary/aromatic N) is 1. The van der Waals surface area contributed by atoms with Crippen LogP contribution in [0.5, 0.6) is 11.5 Å². The smallest absolute Gasteiger partial charge is 0.254 e. The maximum Gasteiger partial charge on any atom is 0.254 e. The first-order valence-corrected chi connectivity index (χ1v) is 8.20. The van der Waals surface area contributed by atoms with Crippen molar-refractivity contribution in [1.29, 1.82) is 0 Å². The summed E-state index contributed by atoms with van der Waals surface area (Å²) in [7, 11) is 4.96. The maximum absolute atomic E-state index is 12.7. The van der Waals surface area contributed by atoms with E-state index in [0.29, 0.717) is 23.6 Å². The molecule has 0 saturated heterocycles. The molecule has 1 aromatic carbocycles. The monoisotopic (exact) mass is 331 g/mol. The molecule has 1 amide bonds. The van der Waals surface area contributed by atoms with Crippen LogP contribution in [-0.2, 0) is 6.54 Å². The number of thiophene rings is 1. The third-order valence-corrected chi connectivity index (χ3v) is 4.18. The largest absolute Gasteiger partial charge is 0.493 e. The van der Waals surface area contributed by atoms with Crippen LogP contribution in [0, 0.1) is 0 Å². The summed E-state index contributed by atoms with van der Waals surface area (Å²) >= 11 is 1.63. The second kappa shape index (κ2) is 7.83. The third kappa shape index (κ3) is 3.93. The Hall–Kier alpha value is -2.27. The summed E-state index contributed by atoms with van der Waals surface area (Å²) < 4.78 is 10.8. The van der Waals surface area contributed by atoms with Gasteiger partial charge in [-0.15, -0.1) is 0 Å². The van der Waals surface area contributed by atoms with Crippen molar-refractivity contribution in [3.8, 4) is 11.5 Å². The van der Waals surface area contributed by atoms with Crippen molar-refractivity contribution in [2.45, 2.75) is 13.5 Å². The minimum Gasteiger partial charge on any atom is -0.493 e. The Kier molecular flexibility index (Phi) is 5.82. The number of ether oxygens (including phenoxy) is 2. The van der Waals surface area contributed by atoms with Crippen molar-refractivity contribution >= 4 is 23.3 Å². The van der Waals surface area contributed by atoms with Gasteiger partial charge in [0.25, 0.3) is 5.91 Å². The highest BCUT2D eigenvalue weighted by atomic mass is 32.1. The second-order valence-electron chi connectivity index (χ2n) is 5.09. The first-order valence-electron chi connectivity index (χ1n) is 7.26. The van der Waals surface area contributed by atoms with Crippen molar-refractivity contribution in [2.75, 3.05) is 21.3 Å². The van der Waals surface area contributed by atoms with Crippen molar-refractivity contribution in [3.05, 3.63) is 51.7 Å². The number of amides is 1. The molecule has 4 nitrogen and oxygen atoms in total. The Bertz CT molecular complexity index is 693. The Morgan fingerprint density at radius 2 is 2.09 bits per heavy atom. The average Bonchev–Trinajstić information content (AvgIpc) is 3.06. The highest BCUT2D eigenvalue weighted by Crippen LogP contribution is 2.34. The van der Waals surface area contributed by atoms with Crippen molar-refractivity contribution < 1.29 is 14.3 Å². The molecule has 0 aliphatic carbocycles. The normalized spacial score (nSPS) is 10.8. The summed E-state index contributed by atoms with van der Waals surface area (Å²) in [6, 6.07) is 5.57. The van der Waals surface area contributed by atoms with Gasteiger partial charge in [-0.2, -0.15) is 11.3 Å². The molecule has 1 aromatic heterocycles. The van der Waals surface area contributed by atoms with E-state index in [4.69, 9.17) is 9.47 Å². The fraction of sp³-hybridized carbons (Fsp3) is 0.278. The SMILES string of the molecule is C/C=C/c1cc(C(=O)N(C)Cc2ccsc2)cc(OC)c1OC. The summed E-state index contributed by atoms with van der Waals surface area (Å²) in [5.74, 6) is 1.13. The minimum absolute atomic E-state index is 0.0529. The molecule has 0 aliphatic heterocycles. The number of allylic oxidation sites excluding steroid dienone is 1. The van der Waals surface area contributed by atoms with Crippen molar-refractivity contribution in [1.82, 2.24) is 4.90 Å². The van der Waals surface area contributed by atoms with E-state index in [2.05, 4.69) is 0 Å². The van der Waals surface area contributed by atoms with Crippen LogP contribution in [0.1, 0.15) is 28.4 Å². The zero-order chi connectivity index (χ0) is 16.8. The van der Waals surface area contributed by atoms with Gasteiger partial charge in [0.1, 0.15) is 0 Å². The summed E-state index contributed by atoms with van der Waals surface area (Å²) in [5, 5.41) is 4.05. The highest BCUT2D eigenvalue weighted by Gasteiger charge is 2.18. The minimum atomic E-state index is -0.0529. The summed E-state index contributed by atoms with van der Waals surface area (Å²) in [6.45, 7) is 2.50. The predicted molar refractivity (Wildman–Crippen MR) is 94.4 cm³/mol. The third-order valence-electron chi connectivity index (χ3n) is 3.45. The molecular weight excluding hydrogens is 310 g/mol. The molecule has 5 heteroatoms. The molecule has 0 fully saturated rings. The number of rotatable bonds is 6. The number of carbonyl (C=O) groups is 1. The van der Waals surface area contributed by atoms with Gasteiger partial charge in [-0.1, -0.05) is 12.2 Å². The fourth-order valence-electron chi connectivity index (χ4n) is 2.37. The number of benzene rings is 1. The molecule has 0 N–H and O–H groups in total. The van der Waals surface area contributed by atoms with E-state index in [1.807, 2.05) is 42.0 Å². The highest BCUT2D eigenvalue weighted by molar-refractivity contribution is 7.07. The fourth-order valence-corrected chi connectivity index (χ4v) is 3.03. The van der Waals surface area contributed by atoms with Crippen LogP contribution in [0.3, 0.4) is 0 Å². The van der Waals surface area contributed by atoms with Crippen LogP contribution < -0.4 is 9.47 Å². The topological polar surface area (TPSA) is 38.8 Å². The maximum atomic E-state index is 12.7. The van der Waals surface area contributed by atoms with E-state index in [-0.39, 0.29) is 5.91 Å². The van der Waals surface area contributed by atoms with Crippen LogP contribution in [0.4, 0.5) is 0 Å². The first kappa shape index (κ1) is 17.1. The lowest BCUT2D eigenvalue weighted by atomic mass is 10.1.